The summed E-state index contributed by atoms with van der Waals surface area (Å²) in [5.41, 5.74) is 21.8. The van der Waals surface area contributed by atoms with Gasteiger partial charge in [-0.15, -0.1) is 0 Å². The van der Waals surface area contributed by atoms with Gasteiger partial charge in [-0.2, -0.15) is 0 Å². The van der Waals surface area contributed by atoms with Gasteiger partial charge in [0, 0.05) is 76.6 Å². The maximum atomic E-state index is 6.28. The number of aromatic nitrogens is 8. The Labute approximate surface area is 616 Å². The number of rotatable bonds is 5. The molecule has 0 bridgehead atoms. The Morgan fingerprint density at radius 1 is 0.262 bits per heavy atom. The molecule has 0 atom stereocenters. The molecule has 0 spiro atoms. The molecule has 2 aliphatic rings. The molecule has 0 saturated heterocycles. The van der Waals surface area contributed by atoms with Crippen LogP contribution in [0.15, 0.2) is 340 Å². The topological polar surface area (TPSA) is 101 Å². The second kappa shape index (κ2) is 23.9. The van der Waals surface area contributed by atoms with Crippen LogP contribution in [0.2, 0.25) is 5.28 Å². The minimum Gasteiger partial charge on any atom is -0.456 e. The van der Waals surface area contributed by atoms with E-state index in [9.17, 15) is 0 Å². The zero-order valence-corrected chi connectivity index (χ0v) is 57.9. The summed E-state index contributed by atoms with van der Waals surface area (Å²) in [6.07, 6.45) is 0. The van der Waals surface area contributed by atoms with Gasteiger partial charge in [0.05, 0.1) is 66.3 Å². The molecular formula is C96H57ClN8O2. The molecule has 6 aromatic heterocycles. The maximum absolute atomic E-state index is 6.28. The molecule has 16 aromatic carbocycles. The van der Waals surface area contributed by atoms with Crippen LogP contribution in [0.5, 0.6) is 23.0 Å². The van der Waals surface area contributed by atoms with E-state index >= 15 is 0 Å². The smallest absolute Gasteiger partial charge is 0.235 e. The largest absolute Gasteiger partial charge is 0.456 e. The molecule has 107 heavy (non-hydrogen) atoms. The Bertz CT molecular complexity index is 7480. The van der Waals surface area contributed by atoms with Crippen molar-refractivity contribution in [3.8, 4) is 85.1 Å². The average molecular weight is 1390 g/mol. The van der Waals surface area contributed by atoms with Gasteiger partial charge in [0.1, 0.15) is 23.0 Å². The van der Waals surface area contributed by atoms with Crippen LogP contribution in [0, 0.1) is 0 Å². The highest BCUT2D eigenvalue weighted by atomic mass is 35.5. The van der Waals surface area contributed by atoms with Gasteiger partial charge in [0.2, 0.25) is 11.2 Å². The van der Waals surface area contributed by atoms with Crippen molar-refractivity contribution >= 4 is 142 Å². The lowest BCUT2D eigenvalue weighted by Gasteiger charge is -2.20. The molecule has 8 heterocycles. The van der Waals surface area contributed by atoms with Gasteiger partial charge in [-0.3, -0.25) is 4.57 Å². The van der Waals surface area contributed by atoms with Crippen molar-refractivity contribution in [2.75, 3.05) is 0 Å². The normalized spacial score (nSPS) is 12.1. The summed E-state index contributed by atoms with van der Waals surface area (Å²) < 4.78 is 19.1. The van der Waals surface area contributed by atoms with Gasteiger partial charge in [-0.1, -0.05) is 182 Å². The minimum absolute atomic E-state index is 0.256. The Hall–Kier alpha value is -14.2. The minimum atomic E-state index is 0.256. The number of ether oxygens (including phenoxy) is 2. The molecule has 0 amide bonds. The Balaban J connectivity index is 0.000000113. The molecule has 0 unspecified atom stereocenters. The predicted octanol–water partition coefficient (Wildman–Crippen LogP) is 25.7. The van der Waals surface area contributed by atoms with Crippen LogP contribution in [0.25, 0.3) is 193 Å². The summed E-state index contributed by atoms with van der Waals surface area (Å²) in [4.78, 5) is 22.6. The molecule has 10 nitrogen and oxygen atoms in total. The highest BCUT2D eigenvalue weighted by Gasteiger charge is 2.27. The van der Waals surface area contributed by atoms with E-state index in [0.717, 1.165) is 100 Å². The molecule has 1 N–H and O–H groups in total. The van der Waals surface area contributed by atoms with E-state index in [1.165, 1.54) is 109 Å². The lowest BCUT2D eigenvalue weighted by Crippen LogP contribution is -2.06. The highest BCUT2D eigenvalue weighted by Crippen LogP contribution is 2.49. The van der Waals surface area contributed by atoms with Crippen molar-refractivity contribution in [3.63, 3.8) is 0 Å². The molecule has 11 heteroatoms. The first-order valence-electron chi connectivity index (χ1n) is 35.8. The highest BCUT2D eigenvalue weighted by molar-refractivity contribution is 6.29. The van der Waals surface area contributed by atoms with Crippen LogP contribution < -0.4 is 9.47 Å². The number of nitrogens with zero attached hydrogens (tertiary/aromatic N) is 7. The number of para-hydroxylation sites is 6. The van der Waals surface area contributed by atoms with Crippen LogP contribution in [0.3, 0.4) is 0 Å². The van der Waals surface area contributed by atoms with Crippen molar-refractivity contribution in [3.05, 3.63) is 345 Å². The number of hydrogen-bond acceptors (Lipinski definition) is 6. The van der Waals surface area contributed by atoms with Crippen molar-refractivity contribution < 1.29 is 9.47 Å². The van der Waals surface area contributed by atoms with Gasteiger partial charge in [-0.25, -0.2) is 19.9 Å². The number of hydrogen-bond donors (Lipinski definition) is 1. The summed E-state index contributed by atoms with van der Waals surface area (Å²) in [5, 5.41) is 17.0. The lowest BCUT2D eigenvalue weighted by molar-refractivity contribution is 0.486. The third-order valence-electron chi connectivity index (χ3n) is 21.4. The third kappa shape index (κ3) is 9.73. The lowest BCUT2D eigenvalue weighted by atomic mass is 10.00. The second-order valence-corrected chi connectivity index (χ2v) is 27.8. The van der Waals surface area contributed by atoms with Crippen molar-refractivity contribution in [1.29, 1.82) is 0 Å². The zero-order chi connectivity index (χ0) is 70.4. The Kier molecular flexibility index (Phi) is 13.5. The van der Waals surface area contributed by atoms with E-state index in [1.54, 1.807) is 0 Å². The monoisotopic (exact) mass is 1390 g/mol. The number of H-pyrrole nitrogens is 1. The number of aromatic amines is 1. The summed E-state index contributed by atoms with van der Waals surface area (Å²) in [6.45, 7) is 0. The summed E-state index contributed by atoms with van der Waals surface area (Å²) in [6, 6.07) is 120. The third-order valence-corrected chi connectivity index (χ3v) is 21.6. The van der Waals surface area contributed by atoms with Crippen LogP contribution in [0.4, 0.5) is 0 Å². The van der Waals surface area contributed by atoms with Crippen LogP contribution >= 0.6 is 11.6 Å². The van der Waals surface area contributed by atoms with Gasteiger partial charge in [0.15, 0.2) is 0 Å². The SMILES string of the molecule is Clc1nc2c3c(cccc3n1)Oc1ccccc1-2.c1ccc(-n2c3ccc(-c4ccc5[nH]c6ccccc6c5c4)cc3c3cc4ccccc4cc32)cc1.c1ccc(-n2c3ccc(-c4ccc5c(c4)c4ccccc4n5-c4nc5c6c(cccc6n4)Oc4ccccc4-5)cc3c3cc4ccccc4cc32)cc1. The molecule has 0 fully saturated rings. The summed E-state index contributed by atoms with van der Waals surface area (Å²) >= 11 is 5.98. The van der Waals surface area contributed by atoms with Gasteiger partial charge >= 0.3 is 0 Å². The number of halogens is 1. The molecule has 24 rings (SSSR count). The number of benzene rings is 16. The first kappa shape index (κ1) is 60.4. The fourth-order valence-corrected chi connectivity index (χ4v) is 16.7. The van der Waals surface area contributed by atoms with E-state index in [0.29, 0.717) is 5.95 Å². The Morgan fingerprint density at radius 3 is 1.23 bits per heavy atom. The molecular weight excluding hydrogens is 1330 g/mol. The molecule has 0 aliphatic carbocycles. The quantitative estimate of drug-likeness (QED) is 0.172. The van der Waals surface area contributed by atoms with Gasteiger partial charge < -0.3 is 23.6 Å². The first-order valence-corrected chi connectivity index (χ1v) is 36.2. The molecule has 0 saturated carbocycles. The standard InChI is InChI=1S/C48H28N4O.C34H22N2.C14H7ClN2O/c1-2-13-33(14-3-1)51-41-23-21-32(27-37(41)38-25-29-11-4-5-12-30(29)28-43(38)51)31-22-24-42-36(26-31)34-15-6-8-18-40(34)52(42)48-49-39-17-10-20-45-46(39)47(50-48)35-16-7-9-19-44(35)53-45;1-2-10-26(11-3-1)36-33-17-15-25(20-29(33)30-19-22-8-4-5-9-23(22)21-34(30)36)24-14-16-32-28(18-24)27-12-6-7-13-31(27)35-32;15-14-16-9-5-3-7-11-12(9)13(17-14)8-4-1-2-6-10(8)18-11/h1-28H;1-21,35H;1-7H. The molecule has 22 aromatic rings. The first-order chi connectivity index (χ1) is 52.9. The molecule has 2 aliphatic heterocycles. The van der Waals surface area contributed by atoms with Crippen LogP contribution in [0.1, 0.15) is 0 Å². The second-order valence-electron chi connectivity index (χ2n) is 27.5. The number of nitrogens with one attached hydrogen (secondary N) is 1. The maximum Gasteiger partial charge on any atom is 0.235 e. The Morgan fingerprint density at radius 2 is 0.664 bits per heavy atom. The van der Waals surface area contributed by atoms with E-state index in [4.69, 9.17) is 31.0 Å². The number of fused-ring (bicyclic) bond motifs is 18. The van der Waals surface area contributed by atoms with Gasteiger partial charge in [-0.05, 0) is 213 Å². The van der Waals surface area contributed by atoms with Gasteiger partial charge in [0.25, 0.3) is 0 Å². The van der Waals surface area contributed by atoms with Crippen LogP contribution in [-0.2, 0) is 0 Å². The summed E-state index contributed by atoms with van der Waals surface area (Å²) in [7, 11) is 0. The summed E-state index contributed by atoms with van der Waals surface area (Å²) in [5.74, 6) is 3.81. The fraction of sp³-hybridized carbons (Fsp3) is 0. The van der Waals surface area contributed by atoms with Crippen molar-refractivity contribution in [1.82, 2.24) is 38.6 Å². The van der Waals surface area contributed by atoms with E-state index < -0.39 is 0 Å². The predicted molar refractivity (Wildman–Crippen MR) is 440 cm³/mol. The average Bonchev–Trinajstić information content (AvgIpc) is 1.61. The zero-order valence-electron chi connectivity index (χ0n) is 57.2. The molecule has 0 radical (unpaired) electrons. The van der Waals surface area contributed by atoms with Crippen molar-refractivity contribution in [2.45, 2.75) is 0 Å². The van der Waals surface area contributed by atoms with Crippen LogP contribution in [-0.4, -0.2) is 38.6 Å². The van der Waals surface area contributed by atoms with E-state index in [-0.39, 0.29) is 5.28 Å². The van der Waals surface area contributed by atoms with E-state index in [2.05, 4.69) is 290 Å². The van der Waals surface area contributed by atoms with Crippen molar-refractivity contribution in [2.24, 2.45) is 0 Å². The molecule has 500 valence electrons. The van der Waals surface area contributed by atoms with E-state index in [1.807, 2.05) is 78.9 Å². The fourth-order valence-electron chi connectivity index (χ4n) is 16.5.